The number of benzene rings is 1. The first-order valence-electron chi connectivity index (χ1n) is 11.7. The lowest BCUT2D eigenvalue weighted by atomic mass is 10.1. The zero-order valence-electron chi connectivity index (χ0n) is 20.3. The summed E-state index contributed by atoms with van der Waals surface area (Å²) in [6, 6.07) is 1.27. The third-order valence-corrected chi connectivity index (χ3v) is 7.41. The van der Waals surface area contributed by atoms with Gasteiger partial charge < -0.3 is 20.5 Å². The van der Waals surface area contributed by atoms with Gasteiger partial charge in [0.25, 0.3) is 5.91 Å². The molecule has 0 bridgehead atoms. The number of fused-ring (bicyclic) bond motifs is 1. The van der Waals surface area contributed by atoms with E-state index in [2.05, 4.69) is 44.1 Å². The summed E-state index contributed by atoms with van der Waals surface area (Å²) in [5.74, 6) is 2.61. The summed E-state index contributed by atoms with van der Waals surface area (Å²) in [5, 5.41) is 6.51. The molecule has 2 atom stereocenters. The molecule has 3 N–H and O–H groups in total. The number of rotatable bonds is 5. The first-order chi connectivity index (χ1) is 17.6. The molecule has 3 heterocycles. The average Bonchev–Trinajstić information content (AvgIpc) is 3.36. The van der Waals surface area contributed by atoms with E-state index in [1.807, 2.05) is 6.92 Å². The Hall–Kier alpha value is -3.98. The van der Waals surface area contributed by atoms with Crippen LogP contribution in [-0.4, -0.2) is 65.9 Å². The molecule has 3 radical (unpaired) electrons. The first-order valence-corrected chi connectivity index (χ1v) is 12.2. The zero-order valence-corrected chi connectivity index (χ0v) is 21.3. The van der Waals surface area contributed by atoms with Crippen molar-refractivity contribution >= 4 is 38.9 Å². The molecule has 37 heavy (non-hydrogen) atoms. The molecular formula is C25H24F2N7O2Si. The molecule has 0 unspecified atom stereocenters. The van der Waals surface area contributed by atoms with Crippen LogP contribution < -0.4 is 11.1 Å². The maximum absolute atomic E-state index is 15.2. The predicted molar refractivity (Wildman–Crippen MR) is 134 cm³/mol. The molecule has 189 valence electrons. The van der Waals surface area contributed by atoms with Gasteiger partial charge in [-0.3, -0.25) is 9.59 Å². The van der Waals surface area contributed by atoms with Crippen LogP contribution in [0.4, 0.5) is 14.6 Å². The second-order valence-corrected chi connectivity index (χ2v) is 10.3. The Bertz CT molecular complexity index is 1530. The van der Waals surface area contributed by atoms with E-state index in [9.17, 15) is 14.0 Å². The Morgan fingerprint density at radius 3 is 2.70 bits per heavy atom. The number of hydrogen-bond acceptors (Lipinski definition) is 5. The lowest BCUT2D eigenvalue weighted by Crippen LogP contribution is -2.40. The van der Waals surface area contributed by atoms with Gasteiger partial charge in [-0.15, -0.1) is 0 Å². The van der Waals surface area contributed by atoms with Crippen molar-refractivity contribution < 1.29 is 18.4 Å². The number of primary amides is 1. The van der Waals surface area contributed by atoms with Gasteiger partial charge in [0, 0.05) is 31.7 Å². The van der Waals surface area contributed by atoms with Crippen LogP contribution in [0.25, 0.3) is 11.0 Å². The Morgan fingerprint density at radius 2 is 2.08 bits per heavy atom. The van der Waals surface area contributed by atoms with E-state index in [0.29, 0.717) is 11.9 Å². The highest BCUT2D eigenvalue weighted by atomic mass is 28.1. The first kappa shape index (κ1) is 24.7. The second-order valence-electron chi connectivity index (χ2n) is 9.40. The minimum atomic E-state index is -0.897. The normalized spacial score (nSPS) is 21.1. The molecule has 1 saturated carbocycles. The van der Waals surface area contributed by atoms with Gasteiger partial charge >= 0.3 is 0 Å². The van der Waals surface area contributed by atoms with Crippen LogP contribution >= 0.6 is 0 Å². The van der Waals surface area contributed by atoms with Crippen molar-refractivity contribution in [2.45, 2.75) is 43.4 Å². The van der Waals surface area contributed by atoms with Crippen LogP contribution in [0.3, 0.4) is 0 Å². The number of nitrogens with one attached hydrogen (secondary N) is 1. The number of imidazole rings is 1. The van der Waals surface area contributed by atoms with Crippen LogP contribution in [0.1, 0.15) is 53.8 Å². The number of hydrogen-bond donors (Lipinski definition) is 2. The number of aromatic nitrogens is 4. The molecule has 1 aromatic carbocycles. The van der Waals surface area contributed by atoms with Crippen LogP contribution in [0, 0.1) is 23.5 Å². The largest absolute Gasteiger partial charge is 0.373 e. The third kappa shape index (κ3) is 3.99. The molecule has 2 aromatic heterocycles. The number of likely N-dealkylation sites (tertiary alicyclic amines) is 1. The summed E-state index contributed by atoms with van der Waals surface area (Å²) >= 11 is 0. The summed E-state index contributed by atoms with van der Waals surface area (Å²) < 4.78 is 33.5. The minimum absolute atomic E-state index is 0.0280. The van der Waals surface area contributed by atoms with Gasteiger partial charge in [-0.25, -0.2) is 18.4 Å². The number of carbonyl (C=O) groups is 2. The van der Waals surface area contributed by atoms with E-state index < -0.39 is 28.3 Å². The molecule has 0 spiro atoms. The number of nitrogens with two attached hydrogens (primary N) is 1. The topological polar surface area (TPSA) is 111 Å². The highest BCUT2D eigenvalue weighted by molar-refractivity contribution is 6.15. The van der Waals surface area contributed by atoms with E-state index >= 15 is 4.39 Å². The van der Waals surface area contributed by atoms with Crippen LogP contribution in [0.5, 0.6) is 0 Å². The highest BCUT2D eigenvalue weighted by Gasteiger charge is 2.44. The fraction of sp³-hybridized carbons (Fsp3) is 0.360. The fourth-order valence-corrected chi connectivity index (χ4v) is 5.55. The Labute approximate surface area is 215 Å². The molecule has 2 aliphatic rings. The maximum Gasteiger partial charge on any atom is 0.255 e. The Morgan fingerprint density at radius 1 is 1.35 bits per heavy atom. The summed E-state index contributed by atoms with van der Waals surface area (Å²) in [6.45, 7) is 5.65. The smallest absolute Gasteiger partial charge is 0.255 e. The Balaban J connectivity index is 1.59. The lowest BCUT2D eigenvalue weighted by molar-refractivity contribution is -0.126. The molecule has 9 nitrogen and oxygen atoms in total. The summed E-state index contributed by atoms with van der Waals surface area (Å²) in [4.78, 5) is 30.5. The number of nitrogens with zero attached hydrogens (tertiary/aromatic N) is 5. The van der Waals surface area contributed by atoms with E-state index in [1.165, 1.54) is 23.2 Å². The molecule has 1 aliphatic heterocycles. The van der Waals surface area contributed by atoms with E-state index in [-0.39, 0.29) is 47.1 Å². The van der Waals surface area contributed by atoms with Gasteiger partial charge in [0.1, 0.15) is 22.7 Å². The van der Waals surface area contributed by atoms with Crippen LogP contribution in [0.2, 0.25) is 0 Å². The molecule has 1 aliphatic carbocycles. The van der Waals surface area contributed by atoms with Crippen molar-refractivity contribution in [2.75, 3.05) is 18.9 Å². The van der Waals surface area contributed by atoms with Crippen LogP contribution in [-0.2, 0) is 9.96 Å². The van der Waals surface area contributed by atoms with Gasteiger partial charge in [-0.1, -0.05) is 12.5 Å². The van der Waals surface area contributed by atoms with Crippen molar-refractivity contribution in [1.82, 2.24) is 24.2 Å². The number of carbonyl (C=O) groups excluding carboxylic acids is 2. The molecule has 5 rings (SSSR count). The van der Waals surface area contributed by atoms with E-state index in [0.717, 1.165) is 12.8 Å². The van der Waals surface area contributed by atoms with Crippen molar-refractivity contribution in [1.29, 1.82) is 0 Å². The third-order valence-electron chi connectivity index (χ3n) is 6.84. The van der Waals surface area contributed by atoms with Crippen LogP contribution in [0.15, 0.2) is 25.0 Å². The molecule has 12 heteroatoms. The van der Waals surface area contributed by atoms with Crippen molar-refractivity contribution in [3.63, 3.8) is 0 Å². The quantitative estimate of drug-likeness (QED) is 0.304. The van der Waals surface area contributed by atoms with Gasteiger partial charge in [-0.2, -0.15) is 5.10 Å². The van der Waals surface area contributed by atoms with Gasteiger partial charge in [0.2, 0.25) is 5.91 Å². The van der Waals surface area contributed by atoms with Crippen molar-refractivity contribution in [2.24, 2.45) is 5.73 Å². The van der Waals surface area contributed by atoms with E-state index in [1.54, 1.807) is 16.5 Å². The number of halogens is 2. The fourth-order valence-electron chi connectivity index (χ4n) is 4.92. The zero-order chi connectivity index (χ0) is 26.6. The summed E-state index contributed by atoms with van der Waals surface area (Å²) in [7, 11) is 5.34. The monoisotopic (exact) mass is 520 g/mol. The number of amides is 2. The van der Waals surface area contributed by atoms with Crippen molar-refractivity contribution in [3.05, 3.63) is 53.5 Å². The molecule has 2 amide bonds. The van der Waals surface area contributed by atoms with Crippen molar-refractivity contribution in [3.8, 4) is 11.8 Å². The van der Waals surface area contributed by atoms with Gasteiger partial charge in [0.05, 0.1) is 32.8 Å². The highest BCUT2D eigenvalue weighted by Crippen LogP contribution is 2.38. The maximum atomic E-state index is 15.2. The summed E-state index contributed by atoms with van der Waals surface area (Å²) in [5.41, 5.74) is 5.49. The SMILES string of the molecule is C=CC(=O)N1C[C@@]([Si])(n2nc(C#Cc3c(F)cc4c(ncn4C4CC4)c3F)c(C(N)=O)c2NC)C[C@H]1C. The lowest BCUT2D eigenvalue weighted by Gasteiger charge is -2.27. The molecule has 2 fully saturated rings. The molecular weight excluding hydrogens is 496 g/mol. The average molecular weight is 521 g/mol. The predicted octanol–water partition coefficient (Wildman–Crippen LogP) is 2.01. The van der Waals surface area contributed by atoms with E-state index in [4.69, 9.17) is 5.73 Å². The molecule has 3 aromatic rings. The standard InChI is InChI=1S/C25H24F2N7O2Si/c1-4-19(35)32-11-25(37,10-13(32)2)34-24(29-3)20(23(28)36)17(31-34)8-7-15-16(26)9-18-22(21(15)27)30-12-33(18)14-5-6-14/h4,9,12-14,29H,1,5-6,10-11H2,2-3H3,(H2,28,36)/t13-,25-/m1/s1. The minimum Gasteiger partial charge on any atom is -0.373 e. The molecule has 1 saturated heterocycles. The van der Waals surface area contributed by atoms with Gasteiger partial charge in [0.15, 0.2) is 11.5 Å². The Kier molecular flexibility index (Phi) is 5.90. The second kappa shape index (κ2) is 8.84. The summed E-state index contributed by atoms with van der Waals surface area (Å²) in [6.07, 6.45) is 5.07. The number of anilines is 1. The van der Waals surface area contributed by atoms with Gasteiger partial charge in [-0.05, 0) is 38.2 Å².